The van der Waals surface area contributed by atoms with Gasteiger partial charge in [0.2, 0.25) is 0 Å². The van der Waals surface area contributed by atoms with Crippen molar-refractivity contribution in [3.63, 3.8) is 0 Å². The van der Waals surface area contributed by atoms with Crippen molar-refractivity contribution in [1.29, 1.82) is 0 Å². The Kier molecular flexibility index (Phi) is 7.99. The van der Waals surface area contributed by atoms with E-state index in [1.165, 1.54) is 18.1 Å². The summed E-state index contributed by atoms with van der Waals surface area (Å²) in [5.74, 6) is -0.746. The van der Waals surface area contributed by atoms with Gasteiger partial charge in [0.1, 0.15) is 24.4 Å². The fourth-order valence-electron chi connectivity index (χ4n) is 2.99. The number of carbonyl (C=O) groups excluding carboxylic acids is 2. The molecule has 1 saturated heterocycles. The van der Waals surface area contributed by atoms with Gasteiger partial charge in [-0.25, -0.2) is 10.1 Å². The van der Waals surface area contributed by atoms with Gasteiger partial charge in [0.25, 0.3) is 11.8 Å². The molecule has 0 unspecified atom stereocenters. The molecular formula is C22H30N2O5. The molecule has 0 radical (unpaired) electrons. The molecular weight excluding hydrogens is 372 g/mol. The van der Waals surface area contributed by atoms with Gasteiger partial charge < -0.3 is 4.74 Å². The van der Waals surface area contributed by atoms with Gasteiger partial charge >= 0.3 is 0 Å². The molecule has 0 aromatic heterocycles. The minimum absolute atomic E-state index is 0.0918. The predicted molar refractivity (Wildman–Crippen MR) is 109 cm³/mol. The Morgan fingerprint density at radius 2 is 1.69 bits per heavy atom. The lowest BCUT2D eigenvalue weighted by molar-refractivity contribution is -0.228. The summed E-state index contributed by atoms with van der Waals surface area (Å²) in [5.41, 5.74) is 3.32. The van der Waals surface area contributed by atoms with Gasteiger partial charge in [-0.15, -0.1) is 0 Å². The second kappa shape index (κ2) is 10.2. The molecule has 2 amide bonds. The van der Waals surface area contributed by atoms with E-state index in [-0.39, 0.29) is 6.42 Å². The zero-order valence-corrected chi connectivity index (χ0v) is 17.5. The Morgan fingerprint density at radius 3 is 2.31 bits per heavy atom. The highest BCUT2D eigenvalue weighted by Gasteiger charge is 2.43. The van der Waals surface area contributed by atoms with Crippen LogP contribution in [0.1, 0.15) is 46.1 Å². The van der Waals surface area contributed by atoms with Crippen LogP contribution in [0.3, 0.4) is 0 Å². The van der Waals surface area contributed by atoms with Crippen LogP contribution in [0.15, 0.2) is 47.6 Å². The highest BCUT2D eigenvalue weighted by Crippen LogP contribution is 2.20. The predicted octanol–water partition coefficient (Wildman–Crippen LogP) is 3.51. The van der Waals surface area contributed by atoms with Gasteiger partial charge in [-0.3, -0.25) is 20.0 Å². The van der Waals surface area contributed by atoms with E-state index < -0.39 is 23.9 Å². The van der Waals surface area contributed by atoms with Gasteiger partial charge in [-0.05, 0) is 64.3 Å². The van der Waals surface area contributed by atoms with Crippen molar-refractivity contribution >= 4 is 11.8 Å². The van der Waals surface area contributed by atoms with E-state index in [0.717, 1.165) is 18.4 Å². The summed E-state index contributed by atoms with van der Waals surface area (Å²) < 4.78 is 5.72. The molecule has 1 aliphatic heterocycles. The number of hydrogen-bond acceptors (Lipinski definition) is 5. The number of hydroxylamine groups is 4. The molecule has 2 atom stereocenters. The number of ether oxygens (including phenoxy) is 1. The maximum absolute atomic E-state index is 12.2. The average molecular weight is 402 g/mol. The lowest BCUT2D eigenvalue weighted by atomic mass is 10.0. The van der Waals surface area contributed by atoms with Gasteiger partial charge in [-0.2, -0.15) is 0 Å². The molecule has 2 N–H and O–H groups in total. The maximum atomic E-state index is 12.2. The van der Waals surface area contributed by atoms with Gasteiger partial charge in [0.05, 0.1) is 0 Å². The number of allylic oxidation sites excluding steroid dienone is 3. The Morgan fingerprint density at radius 1 is 1.03 bits per heavy atom. The number of benzene rings is 1. The quantitative estimate of drug-likeness (QED) is 0.513. The van der Waals surface area contributed by atoms with Crippen molar-refractivity contribution in [2.45, 2.75) is 59.0 Å². The van der Waals surface area contributed by atoms with Gasteiger partial charge in [0, 0.05) is 6.42 Å². The molecule has 7 nitrogen and oxygen atoms in total. The minimum atomic E-state index is -1.15. The number of amides is 2. The zero-order valence-electron chi connectivity index (χ0n) is 17.5. The summed E-state index contributed by atoms with van der Waals surface area (Å²) in [6.07, 6.45) is 6.38. The van der Waals surface area contributed by atoms with Crippen LogP contribution in [0, 0.1) is 0 Å². The summed E-state index contributed by atoms with van der Waals surface area (Å²) in [6, 6.07) is 4.84. The van der Waals surface area contributed by atoms with Crippen LogP contribution >= 0.6 is 0 Å². The average Bonchev–Trinajstić information content (AvgIpc) is 2.69. The third-order valence-corrected chi connectivity index (χ3v) is 4.88. The number of rotatable bonds is 8. The van der Waals surface area contributed by atoms with Crippen LogP contribution < -0.4 is 4.74 Å². The van der Waals surface area contributed by atoms with Crippen LogP contribution in [-0.2, 0) is 16.0 Å². The van der Waals surface area contributed by atoms with Crippen molar-refractivity contribution in [2.75, 3.05) is 6.61 Å². The number of piperazine rings is 1. The van der Waals surface area contributed by atoms with Crippen molar-refractivity contribution in [1.82, 2.24) is 10.1 Å². The Bertz CT molecular complexity index is 781. The number of hydrogen-bond donors (Lipinski definition) is 2. The second-order valence-electron chi connectivity index (χ2n) is 7.59. The molecule has 2 rings (SSSR count). The molecule has 1 aromatic rings. The molecule has 29 heavy (non-hydrogen) atoms. The van der Waals surface area contributed by atoms with Gasteiger partial charge in [0.15, 0.2) is 0 Å². The SMILES string of the molecule is CC(C)=CCCC(C)=CCOc1ccc(C[C@@H]2C(=O)N(O)[C@@H](C)C(=O)N2O)cc1. The van der Waals surface area contributed by atoms with Crippen molar-refractivity contribution in [3.05, 3.63) is 53.1 Å². The normalized spacial score (nSPS) is 20.1. The van der Waals surface area contributed by atoms with Crippen molar-refractivity contribution < 1.29 is 24.7 Å². The molecule has 158 valence electrons. The van der Waals surface area contributed by atoms with Crippen LogP contribution in [-0.4, -0.2) is 51.0 Å². The van der Waals surface area contributed by atoms with Crippen molar-refractivity contribution in [3.8, 4) is 5.75 Å². The fraction of sp³-hybridized carbons (Fsp3) is 0.455. The molecule has 0 spiro atoms. The number of nitrogens with zero attached hydrogens (tertiary/aromatic N) is 2. The highest BCUT2D eigenvalue weighted by atomic mass is 16.5. The topological polar surface area (TPSA) is 90.3 Å². The molecule has 0 bridgehead atoms. The fourth-order valence-corrected chi connectivity index (χ4v) is 2.99. The molecule has 0 aliphatic carbocycles. The Hall–Kier alpha value is -2.64. The van der Waals surface area contributed by atoms with Crippen LogP contribution in [0.5, 0.6) is 5.75 Å². The van der Waals surface area contributed by atoms with E-state index in [9.17, 15) is 20.0 Å². The smallest absolute Gasteiger partial charge is 0.272 e. The largest absolute Gasteiger partial charge is 0.490 e. The number of carbonyl (C=O) groups is 2. The van der Waals surface area contributed by atoms with Crippen LogP contribution in [0.25, 0.3) is 0 Å². The second-order valence-corrected chi connectivity index (χ2v) is 7.59. The third kappa shape index (κ3) is 6.17. The zero-order chi connectivity index (χ0) is 21.6. The monoisotopic (exact) mass is 402 g/mol. The molecule has 0 saturated carbocycles. The summed E-state index contributed by atoms with van der Waals surface area (Å²) in [6.45, 7) is 8.08. The van der Waals surface area contributed by atoms with Crippen molar-refractivity contribution in [2.24, 2.45) is 0 Å². The van der Waals surface area contributed by atoms with E-state index in [2.05, 4.69) is 32.9 Å². The molecule has 1 heterocycles. The first-order valence-corrected chi connectivity index (χ1v) is 9.75. The summed E-state index contributed by atoms with van der Waals surface area (Å²) >= 11 is 0. The van der Waals surface area contributed by atoms with E-state index in [4.69, 9.17) is 4.74 Å². The summed E-state index contributed by atoms with van der Waals surface area (Å²) in [7, 11) is 0. The molecule has 1 aliphatic rings. The first-order chi connectivity index (χ1) is 13.7. The minimum Gasteiger partial charge on any atom is -0.490 e. The van der Waals surface area contributed by atoms with Crippen LogP contribution in [0.4, 0.5) is 0 Å². The lowest BCUT2D eigenvalue weighted by Gasteiger charge is -2.37. The van der Waals surface area contributed by atoms with E-state index in [1.807, 2.05) is 0 Å². The molecule has 1 aromatic carbocycles. The summed E-state index contributed by atoms with van der Waals surface area (Å²) in [4.78, 5) is 24.1. The first kappa shape index (κ1) is 22.6. The molecule has 7 heteroatoms. The molecule has 1 fully saturated rings. The van der Waals surface area contributed by atoms with E-state index in [0.29, 0.717) is 22.5 Å². The van der Waals surface area contributed by atoms with E-state index in [1.54, 1.807) is 24.3 Å². The third-order valence-electron chi connectivity index (χ3n) is 4.88. The summed E-state index contributed by atoms with van der Waals surface area (Å²) in [5, 5.41) is 20.5. The Labute approximate surface area is 171 Å². The lowest BCUT2D eigenvalue weighted by Crippen LogP contribution is -2.62. The maximum Gasteiger partial charge on any atom is 0.272 e. The van der Waals surface area contributed by atoms with Gasteiger partial charge in [-0.1, -0.05) is 29.4 Å². The van der Waals surface area contributed by atoms with Crippen LogP contribution in [0.2, 0.25) is 0 Å². The Balaban J connectivity index is 1.89. The highest BCUT2D eigenvalue weighted by molar-refractivity contribution is 5.95. The van der Waals surface area contributed by atoms with E-state index >= 15 is 0 Å². The standard InChI is InChI=1S/C22H30N2O5/c1-15(2)6-5-7-16(3)12-13-29-19-10-8-18(9-11-19)14-20-22(26)23(27)17(4)21(25)24(20)28/h6,8-12,17,20,27-28H,5,7,13-14H2,1-4H3/t17-,20+/m0/s1. The first-order valence-electron chi connectivity index (χ1n) is 9.75.